The highest BCUT2D eigenvalue weighted by molar-refractivity contribution is 5.99. The number of aryl methyl sites for hydroxylation is 1. The van der Waals surface area contributed by atoms with Gasteiger partial charge in [0.15, 0.2) is 0 Å². The maximum atomic E-state index is 13.0. The van der Waals surface area contributed by atoms with Crippen LogP contribution in [-0.4, -0.2) is 88.4 Å². The van der Waals surface area contributed by atoms with Crippen LogP contribution in [0.4, 0.5) is 0 Å². The molecule has 200 valence electrons. The number of likely N-dealkylation sites (N-methyl/N-ethyl adjacent to an activating group) is 1. The average Bonchev–Trinajstić information content (AvgIpc) is 3.62. The van der Waals surface area contributed by atoms with Crippen LogP contribution in [0.1, 0.15) is 60.5 Å². The molecule has 1 saturated heterocycles. The van der Waals surface area contributed by atoms with Gasteiger partial charge in [-0.2, -0.15) is 0 Å². The number of ether oxygens (including phenoxy) is 1. The molecule has 0 spiro atoms. The van der Waals surface area contributed by atoms with E-state index in [9.17, 15) is 4.79 Å². The summed E-state index contributed by atoms with van der Waals surface area (Å²) in [6, 6.07) is 4.00. The topological polar surface area (TPSA) is 86.7 Å². The minimum Gasteiger partial charge on any atom is -0.374 e. The molecule has 1 amide bonds. The molecule has 8 heteroatoms. The van der Waals surface area contributed by atoms with E-state index in [1.54, 1.807) is 0 Å². The standard InChI is InChI=1S/C30H38N6O2/c1-35-14-16-36(17-15-35)30(37)28-19-22-18-21(6-8-25(22)33-28)7-9-29-32-13-11-26(34-29)27-20-24(10-12-31-27)38-23-4-2-3-5-23/h2-3,8,11,13,18-19,21,23-24,33H,4-7,9-10,12,14-17,20H2,1H3. The molecule has 38 heavy (non-hydrogen) atoms. The van der Waals surface area contributed by atoms with Gasteiger partial charge in [-0.3, -0.25) is 9.79 Å². The van der Waals surface area contributed by atoms with Crippen LogP contribution in [0.25, 0.3) is 12.2 Å². The van der Waals surface area contributed by atoms with Gasteiger partial charge in [0.2, 0.25) is 0 Å². The summed E-state index contributed by atoms with van der Waals surface area (Å²) < 4.78 is 6.32. The number of aromatic nitrogens is 3. The fourth-order valence-electron chi connectivity index (χ4n) is 5.88. The molecule has 0 radical (unpaired) electrons. The predicted octanol–water partition coefficient (Wildman–Crippen LogP) is 2.09. The van der Waals surface area contributed by atoms with Crippen molar-refractivity contribution < 1.29 is 9.53 Å². The highest BCUT2D eigenvalue weighted by Crippen LogP contribution is 2.23. The number of rotatable bonds is 7. The number of hydrogen-bond donors (Lipinski definition) is 1. The van der Waals surface area contributed by atoms with Gasteiger partial charge in [0, 0.05) is 57.1 Å². The smallest absolute Gasteiger partial charge is 0.270 e. The number of nitrogens with zero attached hydrogens (tertiary/aromatic N) is 5. The van der Waals surface area contributed by atoms with Crippen molar-refractivity contribution in [2.75, 3.05) is 39.8 Å². The Balaban J connectivity index is 1.06. The lowest BCUT2D eigenvalue weighted by molar-refractivity contribution is -0.00554. The minimum absolute atomic E-state index is 0.106. The van der Waals surface area contributed by atoms with Crippen molar-refractivity contribution in [3.05, 3.63) is 58.3 Å². The third kappa shape index (κ3) is 5.81. The summed E-state index contributed by atoms with van der Waals surface area (Å²) in [7, 11) is 2.10. The van der Waals surface area contributed by atoms with E-state index in [1.807, 2.05) is 23.2 Å². The van der Waals surface area contributed by atoms with E-state index in [2.05, 4.69) is 46.2 Å². The Morgan fingerprint density at radius 3 is 2.82 bits per heavy atom. The van der Waals surface area contributed by atoms with Crippen molar-refractivity contribution in [3.8, 4) is 0 Å². The SMILES string of the molecule is CN1CCN(C(=O)c2cc3c([nH]2)=CCC(CCc2nccc(C4=NCCC(OC5CC=CC5)C4)n2)C=3)CC1. The molecule has 2 aliphatic heterocycles. The van der Waals surface area contributed by atoms with Crippen LogP contribution >= 0.6 is 0 Å². The van der Waals surface area contributed by atoms with Crippen LogP contribution in [0.15, 0.2) is 35.5 Å². The summed E-state index contributed by atoms with van der Waals surface area (Å²) in [5, 5.41) is 2.20. The van der Waals surface area contributed by atoms with Crippen molar-refractivity contribution in [2.45, 2.75) is 57.2 Å². The van der Waals surface area contributed by atoms with Gasteiger partial charge in [0.25, 0.3) is 5.91 Å². The number of amides is 1. The Kier molecular flexibility index (Phi) is 7.51. The fourth-order valence-corrected chi connectivity index (χ4v) is 5.88. The Morgan fingerprint density at radius 2 is 1.97 bits per heavy atom. The monoisotopic (exact) mass is 514 g/mol. The zero-order valence-corrected chi connectivity index (χ0v) is 22.3. The summed E-state index contributed by atoms with van der Waals surface area (Å²) in [6.45, 7) is 4.22. The molecule has 0 saturated carbocycles. The highest BCUT2D eigenvalue weighted by atomic mass is 16.5. The summed E-state index contributed by atoms with van der Waals surface area (Å²) >= 11 is 0. The second-order valence-corrected chi connectivity index (χ2v) is 11.1. The second-order valence-electron chi connectivity index (χ2n) is 11.1. The third-order valence-electron chi connectivity index (χ3n) is 8.21. The zero-order valence-electron chi connectivity index (χ0n) is 22.3. The zero-order chi connectivity index (χ0) is 25.9. The van der Waals surface area contributed by atoms with E-state index < -0.39 is 0 Å². The van der Waals surface area contributed by atoms with E-state index in [0.29, 0.717) is 17.7 Å². The van der Waals surface area contributed by atoms with Gasteiger partial charge in [-0.05, 0) is 62.4 Å². The van der Waals surface area contributed by atoms with E-state index in [0.717, 1.165) is 105 Å². The van der Waals surface area contributed by atoms with Crippen LogP contribution in [0, 0.1) is 5.92 Å². The molecular formula is C30H38N6O2. The fraction of sp³-hybridized carbons (Fsp3) is 0.533. The van der Waals surface area contributed by atoms with Gasteiger partial charge in [0.1, 0.15) is 11.5 Å². The molecule has 2 aromatic rings. The number of carbonyl (C=O) groups is 1. The Hall–Kier alpha value is -3.10. The molecule has 6 rings (SSSR count). The highest BCUT2D eigenvalue weighted by Gasteiger charge is 2.24. The lowest BCUT2D eigenvalue weighted by Crippen LogP contribution is -2.47. The van der Waals surface area contributed by atoms with Crippen molar-refractivity contribution >= 4 is 23.8 Å². The molecule has 8 nitrogen and oxygen atoms in total. The first kappa shape index (κ1) is 25.2. The molecule has 1 N–H and O–H groups in total. The second kappa shape index (κ2) is 11.3. The van der Waals surface area contributed by atoms with E-state index in [1.165, 1.54) is 0 Å². The van der Waals surface area contributed by atoms with Crippen LogP contribution in [-0.2, 0) is 11.2 Å². The van der Waals surface area contributed by atoms with Crippen molar-refractivity contribution in [3.63, 3.8) is 0 Å². The number of hydrogen-bond acceptors (Lipinski definition) is 6. The van der Waals surface area contributed by atoms with Crippen LogP contribution < -0.4 is 10.6 Å². The van der Waals surface area contributed by atoms with Crippen molar-refractivity contribution in [2.24, 2.45) is 10.9 Å². The van der Waals surface area contributed by atoms with Crippen LogP contribution in [0.5, 0.6) is 0 Å². The summed E-state index contributed by atoms with van der Waals surface area (Å²) in [5.41, 5.74) is 2.68. The molecular weight excluding hydrogens is 476 g/mol. The first-order valence-electron chi connectivity index (χ1n) is 14.2. The summed E-state index contributed by atoms with van der Waals surface area (Å²) in [6.07, 6.45) is 18.0. The molecule has 2 atom stereocenters. The Morgan fingerprint density at radius 1 is 1.13 bits per heavy atom. The molecule has 4 heterocycles. The minimum atomic E-state index is 0.106. The van der Waals surface area contributed by atoms with Crippen LogP contribution in [0.2, 0.25) is 0 Å². The maximum absolute atomic E-state index is 13.0. The lowest BCUT2D eigenvalue weighted by Gasteiger charge is -2.32. The van der Waals surface area contributed by atoms with Crippen molar-refractivity contribution in [1.29, 1.82) is 0 Å². The van der Waals surface area contributed by atoms with Crippen LogP contribution in [0.3, 0.4) is 0 Å². The number of fused-ring (bicyclic) bond motifs is 1. The number of piperazine rings is 1. The van der Waals surface area contributed by atoms with Gasteiger partial charge in [-0.1, -0.05) is 24.3 Å². The number of aliphatic imine (C=N–C) groups is 1. The third-order valence-corrected chi connectivity index (χ3v) is 8.21. The molecule has 0 aromatic carbocycles. The largest absolute Gasteiger partial charge is 0.374 e. The summed E-state index contributed by atoms with van der Waals surface area (Å²) in [5.74, 6) is 1.38. The average molecular weight is 515 g/mol. The Labute approximate surface area is 224 Å². The predicted molar refractivity (Wildman–Crippen MR) is 149 cm³/mol. The van der Waals surface area contributed by atoms with E-state index in [4.69, 9.17) is 14.7 Å². The quantitative estimate of drug-likeness (QED) is 0.572. The molecule has 2 unspecified atom stereocenters. The van der Waals surface area contributed by atoms with Gasteiger partial charge in [-0.25, -0.2) is 9.97 Å². The van der Waals surface area contributed by atoms with Gasteiger partial charge < -0.3 is 19.5 Å². The number of carbonyl (C=O) groups excluding carboxylic acids is 1. The number of aromatic amines is 1. The van der Waals surface area contributed by atoms with Crippen molar-refractivity contribution in [1.82, 2.24) is 24.8 Å². The maximum Gasteiger partial charge on any atom is 0.270 e. The van der Waals surface area contributed by atoms with E-state index >= 15 is 0 Å². The van der Waals surface area contributed by atoms with Gasteiger partial charge in [-0.15, -0.1) is 0 Å². The molecule has 2 aliphatic carbocycles. The normalized spacial score (nSPS) is 24.0. The summed E-state index contributed by atoms with van der Waals surface area (Å²) in [4.78, 5) is 34.8. The van der Waals surface area contributed by atoms with E-state index in [-0.39, 0.29) is 12.0 Å². The first-order valence-corrected chi connectivity index (χ1v) is 14.2. The molecule has 1 fully saturated rings. The lowest BCUT2D eigenvalue weighted by atomic mass is 9.95. The first-order chi connectivity index (χ1) is 18.6. The Bertz CT molecular complexity index is 1330. The van der Waals surface area contributed by atoms with Gasteiger partial charge in [0.05, 0.1) is 23.6 Å². The molecule has 0 bridgehead atoms. The number of H-pyrrole nitrogens is 1. The van der Waals surface area contributed by atoms with Gasteiger partial charge >= 0.3 is 0 Å². The molecule has 2 aromatic heterocycles. The number of nitrogens with one attached hydrogen (secondary N) is 1. The molecule has 4 aliphatic rings.